The number of halogens is 1. The molecule has 4 heteroatoms. The molecule has 120 valence electrons. The van der Waals surface area contributed by atoms with Gasteiger partial charge in [-0.2, -0.15) is 0 Å². The minimum Gasteiger partial charge on any atom is -0.249 e. The molecule has 0 atom stereocenters. The van der Waals surface area contributed by atoms with E-state index in [2.05, 4.69) is 28.7 Å². The van der Waals surface area contributed by atoms with Crippen LogP contribution in [0.15, 0.2) is 42.5 Å². The van der Waals surface area contributed by atoms with Gasteiger partial charge in [0.15, 0.2) is 0 Å². The zero-order valence-corrected chi connectivity index (χ0v) is 13.6. The minimum absolute atomic E-state index is 0.412. The highest BCUT2D eigenvalue weighted by molar-refractivity contribution is 5.74. The Morgan fingerprint density at radius 3 is 2.38 bits per heavy atom. The first-order chi connectivity index (χ1) is 11.8. The van der Waals surface area contributed by atoms with Crippen LogP contribution in [0.1, 0.15) is 36.1 Å². The Hall–Kier alpha value is -2.80. The summed E-state index contributed by atoms with van der Waals surface area (Å²) in [5, 5.41) is 0. The van der Waals surface area contributed by atoms with Gasteiger partial charge in [0.1, 0.15) is 12.4 Å². The van der Waals surface area contributed by atoms with Crippen LogP contribution in [-0.4, -0.2) is 15.0 Å². The number of aryl methyl sites for hydroxylation is 2. The molecule has 2 aromatic heterocycles. The second-order valence-electron chi connectivity index (χ2n) is 5.41. The molecule has 0 spiro atoms. The number of para-hydroxylation sites is 2. The van der Waals surface area contributed by atoms with Gasteiger partial charge in [0, 0.05) is 12.8 Å². The van der Waals surface area contributed by atoms with Gasteiger partial charge in [-0.15, -0.1) is 0 Å². The minimum atomic E-state index is -0.567. The molecule has 0 N–H and O–H groups in total. The third-order valence-corrected chi connectivity index (χ3v) is 3.71. The quantitative estimate of drug-likeness (QED) is 0.681. The van der Waals surface area contributed by atoms with E-state index in [1.165, 1.54) is 0 Å². The van der Waals surface area contributed by atoms with Crippen molar-refractivity contribution in [3.63, 3.8) is 0 Å². The van der Waals surface area contributed by atoms with Gasteiger partial charge in [0.05, 0.1) is 28.1 Å². The second-order valence-corrected chi connectivity index (χ2v) is 5.41. The van der Waals surface area contributed by atoms with Crippen molar-refractivity contribution in [3.05, 3.63) is 65.2 Å². The monoisotopic (exact) mass is 319 g/mol. The molecule has 3 rings (SSSR count). The number of hydrogen-bond donors (Lipinski definition) is 0. The van der Waals surface area contributed by atoms with Gasteiger partial charge in [-0.3, -0.25) is 0 Å². The molecule has 0 radical (unpaired) electrons. The van der Waals surface area contributed by atoms with Gasteiger partial charge in [-0.05, 0) is 36.6 Å². The molecule has 3 aromatic rings. The zero-order valence-electron chi connectivity index (χ0n) is 13.6. The van der Waals surface area contributed by atoms with Gasteiger partial charge < -0.3 is 0 Å². The predicted molar refractivity (Wildman–Crippen MR) is 93.2 cm³/mol. The van der Waals surface area contributed by atoms with E-state index < -0.39 is 6.67 Å². The Kier molecular flexibility index (Phi) is 5.12. The van der Waals surface area contributed by atoms with E-state index in [1.807, 2.05) is 24.3 Å². The molecule has 1 aromatic carbocycles. The lowest BCUT2D eigenvalue weighted by Gasteiger charge is -2.06. The molecule has 2 heterocycles. The van der Waals surface area contributed by atoms with Gasteiger partial charge in [0.2, 0.25) is 0 Å². The van der Waals surface area contributed by atoms with Crippen molar-refractivity contribution >= 4 is 11.0 Å². The fourth-order valence-electron chi connectivity index (χ4n) is 2.51. The maximum atomic E-state index is 12.6. The van der Waals surface area contributed by atoms with Crippen LogP contribution in [-0.2, 0) is 19.5 Å². The molecule has 3 nitrogen and oxygen atoms in total. The molecule has 0 aliphatic heterocycles. The molecule has 0 fully saturated rings. The van der Waals surface area contributed by atoms with Crippen molar-refractivity contribution in [1.82, 2.24) is 15.0 Å². The molecule has 0 unspecified atom stereocenters. The number of pyridine rings is 1. The Labute approximate surface area is 141 Å². The van der Waals surface area contributed by atoms with Crippen molar-refractivity contribution in [2.24, 2.45) is 0 Å². The molecule has 0 bridgehead atoms. The topological polar surface area (TPSA) is 38.7 Å². The van der Waals surface area contributed by atoms with E-state index in [0.717, 1.165) is 35.3 Å². The average molecular weight is 319 g/mol. The molecule has 24 heavy (non-hydrogen) atoms. The smallest absolute Gasteiger partial charge is 0.131 e. The lowest BCUT2D eigenvalue weighted by atomic mass is 10.1. The van der Waals surface area contributed by atoms with Crippen molar-refractivity contribution in [2.75, 3.05) is 0 Å². The Balaban J connectivity index is 1.75. The summed E-state index contributed by atoms with van der Waals surface area (Å²) in [6.45, 7) is 1.52. The van der Waals surface area contributed by atoms with Crippen LogP contribution in [0.4, 0.5) is 4.39 Å². The number of hydrogen-bond acceptors (Lipinski definition) is 3. The highest BCUT2D eigenvalue weighted by Crippen LogP contribution is 2.14. The maximum absolute atomic E-state index is 12.6. The standard InChI is InChI=1S/C20H18FN3/c1-2-17-18(24-20-13-6-5-12-19(20)23-17)11-4-3-8-15-9-7-10-16(14-21)22-15/h5-7,9-10,12-13H,2,4,11,14H2,1H3. The van der Waals surface area contributed by atoms with Crippen molar-refractivity contribution < 1.29 is 4.39 Å². The number of nitrogens with zero attached hydrogens (tertiary/aromatic N) is 3. The Morgan fingerprint density at radius 2 is 1.67 bits per heavy atom. The van der Waals surface area contributed by atoms with Crippen LogP contribution in [0, 0.1) is 11.8 Å². The number of fused-ring (bicyclic) bond motifs is 1. The summed E-state index contributed by atoms with van der Waals surface area (Å²) >= 11 is 0. The summed E-state index contributed by atoms with van der Waals surface area (Å²) in [5.74, 6) is 6.09. The normalized spacial score (nSPS) is 10.4. The van der Waals surface area contributed by atoms with Gasteiger partial charge in [-0.1, -0.05) is 31.0 Å². The number of rotatable bonds is 4. The van der Waals surface area contributed by atoms with E-state index >= 15 is 0 Å². The van der Waals surface area contributed by atoms with E-state index in [4.69, 9.17) is 4.98 Å². The van der Waals surface area contributed by atoms with Crippen LogP contribution < -0.4 is 0 Å². The highest BCUT2D eigenvalue weighted by Gasteiger charge is 2.06. The van der Waals surface area contributed by atoms with E-state index in [0.29, 0.717) is 17.8 Å². The summed E-state index contributed by atoms with van der Waals surface area (Å²) in [4.78, 5) is 13.5. The number of aromatic nitrogens is 3. The average Bonchev–Trinajstić information content (AvgIpc) is 2.64. The third kappa shape index (κ3) is 3.75. The third-order valence-electron chi connectivity index (χ3n) is 3.71. The van der Waals surface area contributed by atoms with Crippen LogP contribution in [0.3, 0.4) is 0 Å². The molecular formula is C20H18FN3. The van der Waals surface area contributed by atoms with Crippen LogP contribution in [0.5, 0.6) is 0 Å². The molecule has 0 saturated heterocycles. The van der Waals surface area contributed by atoms with Gasteiger partial charge >= 0.3 is 0 Å². The number of alkyl halides is 1. The Bertz CT molecular complexity index is 909. The van der Waals surface area contributed by atoms with E-state index in [-0.39, 0.29) is 0 Å². The summed E-state index contributed by atoms with van der Waals surface area (Å²) in [6.07, 6.45) is 2.26. The maximum Gasteiger partial charge on any atom is 0.131 e. The molecule has 0 aliphatic rings. The van der Waals surface area contributed by atoms with Crippen molar-refractivity contribution in [2.45, 2.75) is 32.9 Å². The summed E-state index contributed by atoms with van der Waals surface area (Å²) in [5.41, 5.74) is 4.87. The first kappa shape index (κ1) is 16.1. The van der Waals surface area contributed by atoms with Crippen LogP contribution in [0.2, 0.25) is 0 Å². The van der Waals surface area contributed by atoms with E-state index in [9.17, 15) is 4.39 Å². The summed E-state index contributed by atoms with van der Waals surface area (Å²) in [6, 6.07) is 13.1. The Morgan fingerprint density at radius 1 is 0.917 bits per heavy atom. The first-order valence-electron chi connectivity index (χ1n) is 8.05. The molecule has 0 aliphatic carbocycles. The van der Waals surface area contributed by atoms with E-state index in [1.54, 1.807) is 18.2 Å². The summed E-state index contributed by atoms with van der Waals surface area (Å²) < 4.78 is 12.6. The van der Waals surface area contributed by atoms with Crippen molar-refractivity contribution in [3.8, 4) is 11.8 Å². The molecule has 0 saturated carbocycles. The fraction of sp³-hybridized carbons (Fsp3) is 0.250. The van der Waals surface area contributed by atoms with Gasteiger partial charge in [-0.25, -0.2) is 19.3 Å². The summed E-state index contributed by atoms with van der Waals surface area (Å²) in [7, 11) is 0. The lowest BCUT2D eigenvalue weighted by Crippen LogP contribution is -2.01. The lowest BCUT2D eigenvalue weighted by molar-refractivity contribution is 0.476. The first-order valence-corrected chi connectivity index (χ1v) is 8.05. The SMILES string of the molecule is CCc1nc2ccccc2nc1CCC#Cc1cccc(CF)n1. The number of benzene rings is 1. The van der Waals surface area contributed by atoms with Crippen molar-refractivity contribution in [1.29, 1.82) is 0 Å². The van der Waals surface area contributed by atoms with Crippen LogP contribution >= 0.6 is 0 Å². The van der Waals surface area contributed by atoms with Gasteiger partial charge in [0.25, 0.3) is 0 Å². The van der Waals surface area contributed by atoms with Crippen LogP contribution in [0.25, 0.3) is 11.0 Å². The zero-order chi connectivity index (χ0) is 16.8. The fourth-order valence-corrected chi connectivity index (χ4v) is 2.51. The highest BCUT2D eigenvalue weighted by atomic mass is 19.1. The second kappa shape index (κ2) is 7.65. The largest absolute Gasteiger partial charge is 0.249 e. The molecule has 0 amide bonds. The predicted octanol–water partition coefficient (Wildman–Crippen LogP) is 4.04. The molecular weight excluding hydrogens is 301 g/mol.